The second-order valence-electron chi connectivity index (χ2n) is 4.05. The third kappa shape index (κ3) is 2.74. The molecular weight excluding hydrogens is 178 g/mol. The van der Waals surface area contributed by atoms with E-state index in [1.807, 2.05) is 24.3 Å². The highest BCUT2D eigenvalue weighted by Crippen LogP contribution is 2.20. The fraction of sp³-hybridized carbons (Fsp3) is 0.300. The average molecular weight is 194 g/mol. The van der Waals surface area contributed by atoms with Crippen molar-refractivity contribution >= 4 is 17.4 Å². The predicted octanol–water partition coefficient (Wildman–Crippen LogP) is 1.37. The zero-order valence-electron chi connectivity index (χ0n) is 8.74. The van der Waals surface area contributed by atoms with Gasteiger partial charge in [-0.1, -0.05) is 6.07 Å². The molecule has 0 unspecified atom stereocenters. The largest absolute Gasteiger partial charge is 0.351 e. The summed E-state index contributed by atoms with van der Waals surface area (Å²) in [6.45, 7) is 0. The van der Waals surface area contributed by atoms with Crippen LogP contribution in [0, 0.1) is 0 Å². The quantitative estimate of drug-likeness (QED) is 0.686. The summed E-state index contributed by atoms with van der Waals surface area (Å²) in [7, 11) is 6.18. The summed E-state index contributed by atoms with van der Waals surface area (Å²) >= 11 is 0. The number of nitrogens with one attached hydrogen (secondary N) is 1. The Morgan fingerprint density at radius 3 is 2.50 bits per heavy atom. The first-order valence-electron chi connectivity index (χ1n) is 4.38. The van der Waals surface area contributed by atoms with Crippen LogP contribution in [0.15, 0.2) is 24.3 Å². The number of urea groups is 1. The zero-order valence-corrected chi connectivity index (χ0v) is 8.74. The van der Waals surface area contributed by atoms with Crippen LogP contribution >= 0.6 is 0 Å². The summed E-state index contributed by atoms with van der Waals surface area (Å²) < 4.78 is 0.703. The second kappa shape index (κ2) is 3.67. The fourth-order valence-electron chi connectivity index (χ4n) is 1.14. The number of nitrogens with two attached hydrogens (primary N) is 1. The summed E-state index contributed by atoms with van der Waals surface area (Å²) in [6.07, 6.45) is 0. The van der Waals surface area contributed by atoms with Gasteiger partial charge in [0.15, 0.2) is 0 Å². The van der Waals surface area contributed by atoms with Crippen LogP contribution in [-0.4, -0.2) is 27.2 Å². The lowest BCUT2D eigenvalue weighted by Crippen LogP contribution is -2.34. The molecule has 0 aliphatic heterocycles. The SMILES string of the molecule is C[N+](C)(C)c1cccc(NC(N)=O)c1. The minimum Gasteiger partial charge on any atom is -0.351 e. The van der Waals surface area contributed by atoms with Gasteiger partial charge in [0.1, 0.15) is 5.69 Å². The van der Waals surface area contributed by atoms with Crippen molar-refractivity contribution in [1.29, 1.82) is 0 Å². The first-order chi connectivity index (χ1) is 6.39. The van der Waals surface area contributed by atoms with Crippen molar-refractivity contribution in [2.45, 2.75) is 0 Å². The van der Waals surface area contributed by atoms with Crippen LogP contribution in [-0.2, 0) is 0 Å². The Morgan fingerprint density at radius 1 is 1.36 bits per heavy atom. The van der Waals surface area contributed by atoms with Gasteiger partial charge in [0, 0.05) is 11.8 Å². The van der Waals surface area contributed by atoms with Crippen molar-refractivity contribution in [3.05, 3.63) is 24.3 Å². The molecule has 0 aromatic heterocycles. The smallest absolute Gasteiger partial charge is 0.316 e. The van der Waals surface area contributed by atoms with Crippen molar-refractivity contribution in [3.63, 3.8) is 0 Å². The van der Waals surface area contributed by atoms with E-state index in [0.29, 0.717) is 4.48 Å². The highest BCUT2D eigenvalue weighted by atomic mass is 16.2. The number of hydrogen-bond acceptors (Lipinski definition) is 1. The highest BCUT2D eigenvalue weighted by Gasteiger charge is 2.12. The van der Waals surface area contributed by atoms with Crippen LogP contribution in [0.3, 0.4) is 0 Å². The Balaban J connectivity index is 2.95. The van der Waals surface area contributed by atoms with Crippen LogP contribution in [0.4, 0.5) is 16.2 Å². The van der Waals surface area contributed by atoms with Crippen LogP contribution in [0.5, 0.6) is 0 Å². The van der Waals surface area contributed by atoms with Gasteiger partial charge in [0.2, 0.25) is 0 Å². The molecule has 0 saturated carbocycles. The number of carbonyl (C=O) groups excluding carboxylic acids is 1. The fourth-order valence-corrected chi connectivity index (χ4v) is 1.14. The second-order valence-corrected chi connectivity index (χ2v) is 4.05. The van der Waals surface area contributed by atoms with E-state index in [2.05, 4.69) is 26.5 Å². The van der Waals surface area contributed by atoms with E-state index in [-0.39, 0.29) is 0 Å². The molecule has 0 atom stereocenters. The molecule has 1 aromatic rings. The maximum atomic E-state index is 10.6. The first kappa shape index (κ1) is 10.5. The van der Waals surface area contributed by atoms with Gasteiger partial charge in [-0.25, -0.2) is 4.79 Å². The van der Waals surface area contributed by atoms with Gasteiger partial charge in [0.05, 0.1) is 21.1 Å². The van der Waals surface area contributed by atoms with Gasteiger partial charge in [-0.15, -0.1) is 0 Å². The third-order valence-electron chi connectivity index (χ3n) is 1.89. The maximum Gasteiger partial charge on any atom is 0.316 e. The lowest BCUT2D eigenvalue weighted by atomic mass is 10.2. The van der Waals surface area contributed by atoms with Gasteiger partial charge in [0.25, 0.3) is 0 Å². The Hall–Kier alpha value is -1.55. The lowest BCUT2D eigenvalue weighted by Gasteiger charge is -2.23. The number of anilines is 1. The van der Waals surface area contributed by atoms with Gasteiger partial charge in [-0.3, -0.25) is 4.48 Å². The topological polar surface area (TPSA) is 55.1 Å². The lowest BCUT2D eigenvalue weighted by molar-refractivity contribution is 0.259. The van der Waals surface area contributed by atoms with E-state index in [1.54, 1.807) is 0 Å². The molecule has 4 nitrogen and oxygen atoms in total. The highest BCUT2D eigenvalue weighted by molar-refractivity contribution is 5.88. The van der Waals surface area contributed by atoms with Crippen molar-refractivity contribution in [2.24, 2.45) is 5.73 Å². The summed E-state index contributed by atoms with van der Waals surface area (Å²) in [6, 6.07) is 7.08. The van der Waals surface area contributed by atoms with Crippen molar-refractivity contribution in [1.82, 2.24) is 4.48 Å². The molecule has 76 valence electrons. The van der Waals surface area contributed by atoms with E-state index in [1.165, 1.54) is 0 Å². The van der Waals surface area contributed by atoms with E-state index < -0.39 is 6.03 Å². The van der Waals surface area contributed by atoms with Crippen molar-refractivity contribution < 1.29 is 4.79 Å². The summed E-state index contributed by atoms with van der Waals surface area (Å²) in [4.78, 5) is 10.6. The Morgan fingerprint density at radius 2 is 2.00 bits per heavy atom. The minimum atomic E-state index is -0.538. The molecule has 0 radical (unpaired) electrons. The van der Waals surface area contributed by atoms with Crippen molar-refractivity contribution in [2.75, 3.05) is 26.5 Å². The summed E-state index contributed by atoms with van der Waals surface area (Å²) in [5.74, 6) is 0. The maximum absolute atomic E-state index is 10.6. The van der Waals surface area contributed by atoms with E-state index in [0.717, 1.165) is 11.4 Å². The number of carbonyl (C=O) groups is 1. The number of nitrogens with zero attached hydrogens (tertiary/aromatic N) is 1. The minimum absolute atomic E-state index is 0.538. The normalized spacial score (nSPS) is 11.1. The molecule has 1 rings (SSSR count). The van der Waals surface area contributed by atoms with Crippen LogP contribution in [0.25, 0.3) is 0 Å². The molecule has 0 saturated heterocycles. The Labute approximate surface area is 83.9 Å². The summed E-state index contributed by atoms with van der Waals surface area (Å²) in [5.41, 5.74) is 6.86. The molecule has 0 bridgehead atoms. The van der Waals surface area contributed by atoms with E-state index in [9.17, 15) is 4.79 Å². The third-order valence-corrected chi connectivity index (χ3v) is 1.89. The number of hydrogen-bond donors (Lipinski definition) is 2. The summed E-state index contributed by atoms with van der Waals surface area (Å²) in [5, 5.41) is 2.55. The van der Waals surface area contributed by atoms with Gasteiger partial charge in [-0.2, -0.15) is 0 Å². The number of primary amides is 1. The van der Waals surface area contributed by atoms with Crippen LogP contribution in [0.1, 0.15) is 0 Å². The molecule has 0 spiro atoms. The molecule has 0 aliphatic carbocycles. The molecule has 0 fully saturated rings. The molecule has 14 heavy (non-hydrogen) atoms. The predicted molar refractivity (Wildman–Crippen MR) is 59.2 cm³/mol. The van der Waals surface area contributed by atoms with Crippen molar-refractivity contribution in [3.8, 4) is 0 Å². The van der Waals surface area contributed by atoms with Crippen LogP contribution < -0.4 is 15.5 Å². The number of benzene rings is 1. The molecular formula is C10H16N3O+. The molecule has 1 aromatic carbocycles. The molecule has 3 N–H and O–H groups in total. The number of quaternary nitrogens is 1. The zero-order chi connectivity index (χ0) is 10.8. The van der Waals surface area contributed by atoms with Gasteiger partial charge < -0.3 is 11.1 Å². The van der Waals surface area contributed by atoms with E-state index >= 15 is 0 Å². The number of amides is 2. The molecule has 0 heterocycles. The van der Waals surface area contributed by atoms with Gasteiger partial charge >= 0.3 is 6.03 Å². The molecule has 2 amide bonds. The Bertz CT molecular complexity index is 341. The molecule has 4 heteroatoms. The Kier molecular flexibility index (Phi) is 2.76. The van der Waals surface area contributed by atoms with Crippen LogP contribution in [0.2, 0.25) is 0 Å². The standard InChI is InChI=1S/C10H15N3O/c1-13(2,3)9-6-4-5-8(7-9)12-10(11)14/h4-7H,1-3H3,(H2-,11,12,14)/p+1. The number of rotatable bonds is 2. The van der Waals surface area contributed by atoms with E-state index in [4.69, 9.17) is 5.73 Å². The molecule has 0 aliphatic rings. The monoisotopic (exact) mass is 194 g/mol. The average Bonchev–Trinajstić information content (AvgIpc) is 2.01. The van der Waals surface area contributed by atoms with Gasteiger partial charge in [-0.05, 0) is 12.1 Å². The first-order valence-corrected chi connectivity index (χ1v) is 4.38.